The minimum absolute atomic E-state index is 0.0902. The molecule has 534 valence electrons. The van der Waals surface area contributed by atoms with E-state index in [4.69, 9.17) is 17.2 Å². The molecule has 0 fully saturated rings. The normalized spacial score (nSPS) is 15.2. The minimum Gasteiger partial charge on any atom is -0.508 e. The highest BCUT2D eigenvalue weighted by Gasteiger charge is 2.38. The number of aromatic amines is 1. The van der Waals surface area contributed by atoms with Crippen LogP contribution in [0.4, 0.5) is 0 Å². The third kappa shape index (κ3) is 29.2. The van der Waals surface area contributed by atoms with E-state index >= 15 is 0 Å². The number of primary amides is 1. The molecule has 1 aromatic carbocycles. The number of carboxylic acids is 3. The van der Waals surface area contributed by atoms with Crippen molar-refractivity contribution in [3.63, 3.8) is 0 Å². The number of hydrogen-bond donors (Lipinski definition) is 22. The number of aromatic hydroxyl groups is 1. The van der Waals surface area contributed by atoms with E-state index < -0.39 is 219 Å². The van der Waals surface area contributed by atoms with Gasteiger partial charge in [0.05, 0.1) is 44.5 Å². The van der Waals surface area contributed by atoms with Gasteiger partial charge in [-0.2, -0.15) is 0 Å². The largest absolute Gasteiger partial charge is 0.508 e. The highest BCUT2D eigenvalue weighted by Crippen LogP contribution is 2.14. The van der Waals surface area contributed by atoms with Gasteiger partial charge in [-0.15, -0.1) is 0 Å². The van der Waals surface area contributed by atoms with Crippen molar-refractivity contribution in [1.82, 2.24) is 68.5 Å². The number of carbonyl (C=O) groups is 15. The van der Waals surface area contributed by atoms with Gasteiger partial charge < -0.3 is 116 Å². The third-order valence-corrected chi connectivity index (χ3v) is 14.3. The number of phenols is 1. The molecule has 0 aliphatic heterocycles. The van der Waals surface area contributed by atoms with Crippen LogP contribution in [0.15, 0.2) is 36.8 Å². The first-order chi connectivity index (χ1) is 45.0. The second-order valence-electron chi connectivity index (χ2n) is 23.2. The van der Waals surface area contributed by atoms with Crippen LogP contribution in [0.5, 0.6) is 5.75 Å². The van der Waals surface area contributed by atoms with E-state index in [2.05, 4.69) is 68.5 Å². The summed E-state index contributed by atoms with van der Waals surface area (Å²) in [5.74, 6) is -19.2. The molecule has 0 saturated carbocycles. The van der Waals surface area contributed by atoms with Crippen LogP contribution in [0.25, 0.3) is 0 Å². The lowest BCUT2D eigenvalue weighted by atomic mass is 10.0. The molecule has 13 atom stereocenters. The summed E-state index contributed by atoms with van der Waals surface area (Å²) >= 11 is 0. The zero-order chi connectivity index (χ0) is 72.7. The quantitative estimate of drug-likeness (QED) is 0.0274. The number of phenolic OH excluding ortho intramolecular Hbond substituents is 1. The van der Waals surface area contributed by atoms with Crippen LogP contribution in [-0.4, -0.2) is 233 Å². The van der Waals surface area contributed by atoms with Gasteiger partial charge in [0.2, 0.25) is 70.9 Å². The smallest absolute Gasteiger partial charge is 0.326 e. The summed E-state index contributed by atoms with van der Waals surface area (Å²) in [6.45, 7) is 6.46. The number of hydrogen-bond acceptors (Lipinski definition) is 22. The Labute approximate surface area is 550 Å². The fraction of sp³-hybridized carbons (Fsp3) is 0.586. The van der Waals surface area contributed by atoms with E-state index in [0.717, 1.165) is 13.8 Å². The van der Waals surface area contributed by atoms with Crippen molar-refractivity contribution in [2.75, 3.05) is 19.8 Å². The van der Waals surface area contributed by atoms with Crippen LogP contribution in [0.3, 0.4) is 0 Å². The summed E-state index contributed by atoms with van der Waals surface area (Å²) in [7, 11) is 0. The second-order valence-corrected chi connectivity index (χ2v) is 23.2. The molecule has 0 radical (unpaired) electrons. The molecule has 2 rings (SSSR count). The number of carboxylic acid groups (broad SMARTS) is 3. The van der Waals surface area contributed by atoms with Crippen molar-refractivity contribution >= 4 is 88.8 Å². The first-order valence-electron chi connectivity index (χ1n) is 30.4. The number of carbonyl (C=O) groups excluding carboxylic acids is 12. The first-order valence-corrected chi connectivity index (χ1v) is 30.4. The Bertz CT molecular complexity index is 3010. The molecule has 38 nitrogen and oxygen atoms in total. The van der Waals surface area contributed by atoms with Crippen LogP contribution >= 0.6 is 0 Å². The number of nitrogens with one attached hydrogen (secondary N) is 12. The Hall–Kier alpha value is -9.92. The van der Waals surface area contributed by atoms with E-state index in [1.54, 1.807) is 27.7 Å². The summed E-state index contributed by atoms with van der Waals surface area (Å²) < 4.78 is 0. The topological polar surface area (TPSA) is 637 Å². The molecular weight excluding hydrogens is 1270 g/mol. The molecule has 0 spiro atoms. The standard InChI is InChI=1S/C58H90N16O22/c1-26(2)17-35(51(88)68-37(19-31-22-62-25-63-31)52(89)71-39(58(95)96)21-44(82)83)70-57(94)46(29(6)77)74-53(90)36(18-30-10-12-32(78)13-11-30)67-55(92)41(24-76)72-48(85)33(9-7-8-16-59)66-54(91)40(23-75)73-49(86)34(14-15-42(60)79)65-47(84)28(5)64-50(87)38(20-43(80)81)69-56(93)45(61)27(3)4/h10-13,22,25-29,33-41,45-46,75-78H,7-9,14-21,23-24,59,61H2,1-6H3,(H2,60,79)(H,62,63)(H,64,87)(H,65,84)(H,66,91)(H,67,92)(H,68,88)(H,69,93)(H,70,94)(H,71,89)(H,72,85)(H,73,86)(H,74,90)(H,80,81)(H,82,83)(H,95,96)/t28-,29+,33-,34-,35-,36-,37-,38-,39-,40-,41-,45-,46-/m0/s1. The predicted molar refractivity (Wildman–Crippen MR) is 333 cm³/mol. The molecule has 1 aromatic heterocycles. The maximum Gasteiger partial charge on any atom is 0.326 e. The molecule has 0 bridgehead atoms. The number of amides is 12. The number of unbranched alkanes of at least 4 members (excludes halogenated alkanes) is 1. The van der Waals surface area contributed by atoms with E-state index in [1.807, 2.05) is 0 Å². The Morgan fingerprint density at radius 3 is 1.43 bits per heavy atom. The van der Waals surface area contributed by atoms with Gasteiger partial charge in [-0.3, -0.25) is 67.1 Å². The van der Waals surface area contributed by atoms with E-state index in [9.17, 15) is 108 Å². The summed E-state index contributed by atoms with van der Waals surface area (Å²) in [6.07, 6.45) is -3.05. The zero-order valence-electron chi connectivity index (χ0n) is 53.8. The van der Waals surface area contributed by atoms with Gasteiger partial charge in [0.1, 0.15) is 72.2 Å². The predicted octanol–water partition coefficient (Wildman–Crippen LogP) is -7.92. The van der Waals surface area contributed by atoms with Gasteiger partial charge in [-0.05, 0) is 82.0 Å². The van der Waals surface area contributed by atoms with Crippen LogP contribution < -0.4 is 75.7 Å². The summed E-state index contributed by atoms with van der Waals surface area (Å²) in [6, 6.07) is -15.2. The minimum atomic E-state index is -1.95. The van der Waals surface area contributed by atoms with Gasteiger partial charge in [-0.25, -0.2) is 9.78 Å². The Balaban J connectivity index is 2.42. The number of rotatable bonds is 44. The zero-order valence-corrected chi connectivity index (χ0v) is 53.8. The van der Waals surface area contributed by atoms with Crippen LogP contribution in [0.2, 0.25) is 0 Å². The fourth-order valence-electron chi connectivity index (χ4n) is 8.87. The molecule has 12 amide bonds. The van der Waals surface area contributed by atoms with E-state index in [-0.39, 0.29) is 61.6 Å². The summed E-state index contributed by atoms with van der Waals surface area (Å²) in [5, 5.41) is 95.1. The van der Waals surface area contributed by atoms with Gasteiger partial charge in [0.25, 0.3) is 0 Å². The molecule has 0 aliphatic carbocycles. The number of aliphatic hydroxyl groups excluding tert-OH is 3. The van der Waals surface area contributed by atoms with E-state index in [1.165, 1.54) is 36.8 Å². The number of aliphatic hydroxyl groups is 3. The van der Waals surface area contributed by atoms with Crippen molar-refractivity contribution < 1.29 is 108 Å². The van der Waals surface area contributed by atoms with Crippen molar-refractivity contribution in [1.29, 1.82) is 0 Å². The van der Waals surface area contributed by atoms with Gasteiger partial charge >= 0.3 is 17.9 Å². The van der Waals surface area contributed by atoms with Crippen molar-refractivity contribution in [2.24, 2.45) is 29.0 Å². The van der Waals surface area contributed by atoms with Crippen LogP contribution in [0, 0.1) is 11.8 Å². The van der Waals surface area contributed by atoms with Gasteiger partial charge in [0, 0.05) is 31.2 Å². The monoisotopic (exact) mass is 1360 g/mol. The highest BCUT2D eigenvalue weighted by molar-refractivity contribution is 6.00. The molecule has 2 aromatic rings. The Morgan fingerprint density at radius 2 is 0.948 bits per heavy atom. The van der Waals surface area contributed by atoms with E-state index in [0.29, 0.717) is 0 Å². The Kier molecular flexibility index (Phi) is 35.1. The lowest BCUT2D eigenvalue weighted by Gasteiger charge is -2.29. The fourth-order valence-corrected chi connectivity index (χ4v) is 8.87. The van der Waals surface area contributed by atoms with Crippen molar-refractivity contribution in [3.05, 3.63) is 48.0 Å². The van der Waals surface area contributed by atoms with Gasteiger partial charge in [-0.1, -0.05) is 39.8 Å². The molecule has 0 aliphatic rings. The molecule has 0 saturated heterocycles. The lowest BCUT2D eigenvalue weighted by Crippen LogP contribution is -2.62. The summed E-state index contributed by atoms with van der Waals surface area (Å²) in [4.78, 5) is 204. The van der Waals surface area contributed by atoms with Crippen molar-refractivity contribution in [2.45, 2.75) is 184 Å². The number of benzene rings is 1. The average molecular weight is 1360 g/mol. The number of nitrogens with two attached hydrogens (primary N) is 3. The number of aromatic nitrogens is 2. The number of nitrogens with zero attached hydrogens (tertiary/aromatic N) is 1. The SMILES string of the molecule is CC(C)C[C@H](NC(=O)[C@@H](NC(=O)[C@H](Cc1ccc(O)cc1)NC(=O)[C@H](CO)NC(=O)[C@H](CCCCN)NC(=O)[C@H](CO)NC(=O)[C@H](CCC(N)=O)NC(=O)[C@H](C)NC(=O)[C@H](CC(=O)O)NC(=O)[C@@H](N)C(C)C)[C@@H](C)O)C(=O)N[C@@H](Cc1cnc[nH]1)C(=O)N[C@@H](CC(=O)O)C(=O)O. The number of imidazole rings is 1. The molecule has 0 unspecified atom stereocenters. The molecule has 38 heteroatoms. The molecule has 96 heavy (non-hydrogen) atoms. The maximum absolute atomic E-state index is 14.3. The van der Waals surface area contributed by atoms with Crippen LogP contribution in [0.1, 0.15) is 104 Å². The lowest BCUT2D eigenvalue weighted by molar-refractivity contribution is -0.147. The first kappa shape index (κ1) is 82.2. The third-order valence-electron chi connectivity index (χ3n) is 14.3. The maximum atomic E-state index is 14.3. The highest BCUT2D eigenvalue weighted by atomic mass is 16.4. The molecular formula is C58H90N16O22. The van der Waals surface area contributed by atoms with Crippen molar-refractivity contribution in [3.8, 4) is 5.75 Å². The molecule has 25 N–H and O–H groups in total. The number of H-pyrrole nitrogens is 1. The average Bonchev–Trinajstić information content (AvgIpc) is 0.977. The summed E-state index contributed by atoms with van der Waals surface area (Å²) in [5.41, 5.74) is 17.3. The van der Waals surface area contributed by atoms with Gasteiger partial charge in [0.15, 0.2) is 0 Å². The number of aliphatic carboxylic acids is 3. The Morgan fingerprint density at radius 1 is 0.510 bits per heavy atom. The second kappa shape index (κ2) is 41.0. The molecule has 1 heterocycles. The van der Waals surface area contributed by atoms with Crippen LogP contribution in [-0.2, 0) is 84.8 Å².